The molecule has 1 saturated heterocycles. The molecule has 2 nitrogen and oxygen atoms in total. The number of hydrogen-bond acceptors (Lipinski definition) is 2. The van der Waals surface area contributed by atoms with Gasteiger partial charge in [-0.1, -0.05) is 0 Å². The molecule has 1 fully saturated rings. The van der Waals surface area contributed by atoms with Crippen LogP contribution in [0.1, 0.15) is 30.2 Å². The Hall–Kier alpha value is -0.370. The summed E-state index contributed by atoms with van der Waals surface area (Å²) < 4.78 is 20.8. The van der Waals surface area contributed by atoms with Crippen molar-refractivity contribution in [1.29, 1.82) is 0 Å². The van der Waals surface area contributed by atoms with Gasteiger partial charge in [0.1, 0.15) is 5.78 Å². The second kappa shape index (κ2) is 3.15. The van der Waals surface area contributed by atoms with Gasteiger partial charge in [0.25, 0.3) is 0 Å². The Morgan fingerprint density at radius 3 is 3.20 bits per heavy atom. The molecule has 1 aliphatic rings. The quantitative estimate of drug-likeness (QED) is 0.577. The number of carbonyl (C=O) groups is 1. The zero-order valence-corrected chi connectivity index (χ0v) is 6.26. The molecule has 2 heteroatoms. The fourth-order valence-corrected chi connectivity index (χ4v) is 1.45. The summed E-state index contributed by atoms with van der Waals surface area (Å²) in [7, 11) is 1.93. The Bertz CT molecular complexity index is 202. The van der Waals surface area contributed by atoms with E-state index in [-0.39, 0.29) is 12.5 Å². The molecule has 10 heavy (non-hydrogen) atoms. The normalized spacial score (nSPS) is 32.9. The second-order valence-corrected chi connectivity index (χ2v) is 2.90. The first-order chi connectivity index (χ1) is 5.91. The molecule has 0 bridgehead atoms. The number of ketones is 1. The smallest absolute Gasteiger partial charge is 0.131 e. The van der Waals surface area contributed by atoms with Gasteiger partial charge in [0.2, 0.25) is 0 Å². The standard InChI is InChI=1S/C8H15NO/c1-7(10)6-8-4-3-5-9(8)2/h8H,3-6H2,1-2H3/t8-/m1/s1/i1D3. The third-order valence-electron chi connectivity index (χ3n) is 2.09. The van der Waals surface area contributed by atoms with Gasteiger partial charge in [0.15, 0.2) is 0 Å². The van der Waals surface area contributed by atoms with Crippen molar-refractivity contribution in [3.8, 4) is 0 Å². The van der Waals surface area contributed by atoms with Crippen molar-refractivity contribution in [1.82, 2.24) is 4.90 Å². The molecule has 0 aromatic rings. The summed E-state index contributed by atoms with van der Waals surface area (Å²) in [5.41, 5.74) is 0. The van der Waals surface area contributed by atoms with Crippen LogP contribution in [0.15, 0.2) is 0 Å². The summed E-state index contributed by atoms with van der Waals surface area (Å²) in [6.45, 7) is -1.44. The minimum absolute atomic E-state index is 0.146. The predicted molar refractivity (Wildman–Crippen MR) is 41.0 cm³/mol. The number of hydrogen-bond donors (Lipinski definition) is 0. The maximum absolute atomic E-state index is 11.2. The number of likely N-dealkylation sites (tertiary alicyclic amines) is 1. The van der Waals surface area contributed by atoms with Gasteiger partial charge in [-0.2, -0.15) is 0 Å². The van der Waals surface area contributed by atoms with E-state index in [9.17, 15) is 4.79 Å². The van der Waals surface area contributed by atoms with Gasteiger partial charge in [-0.25, -0.2) is 0 Å². The van der Waals surface area contributed by atoms with E-state index in [1.807, 2.05) is 7.05 Å². The van der Waals surface area contributed by atoms with Crippen LogP contribution in [-0.2, 0) is 4.79 Å². The fraction of sp³-hybridized carbons (Fsp3) is 0.875. The third kappa shape index (κ3) is 1.81. The lowest BCUT2D eigenvalue weighted by molar-refractivity contribution is -0.117. The monoisotopic (exact) mass is 144 g/mol. The lowest BCUT2D eigenvalue weighted by atomic mass is 10.1. The molecular weight excluding hydrogens is 126 g/mol. The van der Waals surface area contributed by atoms with Crippen molar-refractivity contribution in [3.05, 3.63) is 0 Å². The van der Waals surface area contributed by atoms with Gasteiger partial charge in [0, 0.05) is 16.6 Å². The van der Waals surface area contributed by atoms with Gasteiger partial charge in [-0.05, 0) is 33.3 Å². The van der Waals surface area contributed by atoms with Gasteiger partial charge in [-0.15, -0.1) is 0 Å². The third-order valence-corrected chi connectivity index (χ3v) is 2.09. The molecule has 0 aromatic heterocycles. The van der Waals surface area contributed by atoms with Gasteiger partial charge >= 0.3 is 0 Å². The van der Waals surface area contributed by atoms with Crippen LogP contribution in [0.2, 0.25) is 0 Å². The predicted octanol–water partition coefficient (Wildman–Crippen LogP) is 1.06. The van der Waals surface area contributed by atoms with Crippen molar-refractivity contribution in [2.45, 2.75) is 32.2 Å². The second-order valence-electron chi connectivity index (χ2n) is 2.90. The summed E-state index contributed by atoms with van der Waals surface area (Å²) in [5, 5.41) is 0. The first-order valence-corrected chi connectivity index (χ1v) is 3.65. The van der Waals surface area contributed by atoms with Crippen LogP contribution in [0.4, 0.5) is 0 Å². The van der Waals surface area contributed by atoms with E-state index >= 15 is 0 Å². The minimum atomic E-state index is -2.41. The van der Waals surface area contributed by atoms with E-state index in [1.54, 1.807) is 0 Å². The fourth-order valence-electron chi connectivity index (χ4n) is 1.45. The van der Waals surface area contributed by atoms with Gasteiger partial charge in [0.05, 0.1) is 0 Å². The highest BCUT2D eigenvalue weighted by Gasteiger charge is 2.21. The first-order valence-electron chi connectivity index (χ1n) is 5.15. The maximum Gasteiger partial charge on any atom is 0.131 e. The largest absolute Gasteiger partial charge is 0.303 e. The minimum Gasteiger partial charge on any atom is -0.303 e. The van der Waals surface area contributed by atoms with Crippen molar-refractivity contribution in [2.24, 2.45) is 0 Å². The summed E-state index contributed by atoms with van der Waals surface area (Å²) in [6.07, 6.45) is 2.18. The van der Waals surface area contributed by atoms with Gasteiger partial charge in [-0.3, -0.25) is 4.79 Å². The molecule has 1 rings (SSSR count). The van der Waals surface area contributed by atoms with Crippen LogP contribution >= 0.6 is 0 Å². The zero-order chi connectivity index (χ0) is 10.1. The highest BCUT2D eigenvalue weighted by molar-refractivity contribution is 5.76. The van der Waals surface area contributed by atoms with Gasteiger partial charge < -0.3 is 4.90 Å². The molecule has 0 radical (unpaired) electrons. The Kier molecular flexibility index (Phi) is 1.42. The topological polar surface area (TPSA) is 20.3 Å². The van der Waals surface area contributed by atoms with Crippen molar-refractivity contribution in [2.75, 3.05) is 13.6 Å². The van der Waals surface area contributed by atoms with Crippen LogP contribution in [-0.4, -0.2) is 30.3 Å². The average Bonchev–Trinajstić information content (AvgIpc) is 2.34. The van der Waals surface area contributed by atoms with Crippen LogP contribution in [0.25, 0.3) is 0 Å². The molecule has 58 valence electrons. The summed E-state index contributed by atoms with van der Waals surface area (Å²) in [6, 6.07) is 0.146. The summed E-state index contributed by atoms with van der Waals surface area (Å²) in [5.74, 6) is -0.605. The zero-order valence-electron chi connectivity index (χ0n) is 9.26. The van der Waals surface area contributed by atoms with Crippen LogP contribution < -0.4 is 0 Å². The van der Waals surface area contributed by atoms with E-state index < -0.39 is 12.6 Å². The SMILES string of the molecule is [2H]C([2H])([2H])C(=O)C[C@H]1CCCN1C. The van der Waals surface area contributed by atoms with E-state index in [0.717, 1.165) is 19.4 Å². The lowest BCUT2D eigenvalue weighted by Crippen LogP contribution is -2.26. The van der Waals surface area contributed by atoms with Crippen LogP contribution in [0.3, 0.4) is 0 Å². The first kappa shape index (κ1) is 4.50. The molecule has 0 unspecified atom stereocenters. The van der Waals surface area contributed by atoms with Crippen molar-refractivity contribution >= 4 is 5.78 Å². The van der Waals surface area contributed by atoms with E-state index in [2.05, 4.69) is 4.90 Å². The molecule has 0 aliphatic carbocycles. The molecule has 1 atom stereocenters. The highest BCUT2D eigenvalue weighted by Crippen LogP contribution is 2.17. The Labute approximate surface area is 66.4 Å². The average molecular weight is 144 g/mol. The lowest BCUT2D eigenvalue weighted by Gasteiger charge is -2.17. The number of rotatable bonds is 2. The van der Waals surface area contributed by atoms with E-state index in [0.29, 0.717) is 0 Å². The molecule has 0 aromatic carbocycles. The summed E-state index contributed by atoms with van der Waals surface area (Å²) in [4.78, 5) is 13.2. The Morgan fingerprint density at radius 2 is 2.70 bits per heavy atom. The van der Waals surface area contributed by atoms with E-state index in [4.69, 9.17) is 4.11 Å². The Balaban J connectivity index is 2.45. The molecule has 0 saturated carbocycles. The number of carbonyl (C=O) groups excluding carboxylic acids is 1. The van der Waals surface area contributed by atoms with Crippen LogP contribution in [0.5, 0.6) is 0 Å². The number of Topliss-reactive ketones (excluding diaryl/α,β-unsaturated/α-hetero) is 1. The highest BCUT2D eigenvalue weighted by atomic mass is 16.1. The van der Waals surface area contributed by atoms with Crippen LogP contribution in [0, 0.1) is 0 Å². The molecule has 0 N–H and O–H groups in total. The molecule has 1 aliphatic heterocycles. The number of nitrogens with zero attached hydrogens (tertiary/aromatic N) is 1. The molecule has 0 amide bonds. The Morgan fingerprint density at radius 1 is 1.90 bits per heavy atom. The van der Waals surface area contributed by atoms with Crippen molar-refractivity contribution in [3.63, 3.8) is 0 Å². The maximum atomic E-state index is 11.2. The molecule has 1 heterocycles. The summed E-state index contributed by atoms with van der Waals surface area (Å²) >= 11 is 0. The van der Waals surface area contributed by atoms with E-state index in [1.165, 1.54) is 0 Å². The molecule has 0 spiro atoms. The van der Waals surface area contributed by atoms with Crippen molar-refractivity contribution < 1.29 is 8.91 Å². The molecular formula is C8H15NO.